The number of aromatic nitrogens is 2. The quantitative estimate of drug-likeness (QED) is 0.710. The summed E-state index contributed by atoms with van der Waals surface area (Å²) in [6.07, 6.45) is 4.66. The van der Waals surface area contributed by atoms with Crippen LogP contribution in [0.15, 0.2) is 30.6 Å². The molecule has 2 N–H and O–H groups in total. The number of pyridine rings is 1. The molecule has 100 valence electrons. The second-order valence-corrected chi connectivity index (χ2v) is 5.31. The van der Waals surface area contributed by atoms with Crippen molar-refractivity contribution in [3.8, 4) is 0 Å². The van der Waals surface area contributed by atoms with Crippen LogP contribution in [0.4, 0.5) is 0 Å². The van der Waals surface area contributed by atoms with E-state index in [0.717, 1.165) is 39.4 Å². The number of fused-ring (bicyclic) bond motifs is 5. The van der Waals surface area contributed by atoms with Gasteiger partial charge in [-0.1, -0.05) is 19.1 Å². The number of H-pyrrole nitrogens is 1. The van der Waals surface area contributed by atoms with Gasteiger partial charge in [-0.2, -0.15) is 0 Å². The van der Waals surface area contributed by atoms with Crippen LogP contribution >= 0.6 is 0 Å². The molecule has 2 aromatic heterocycles. The van der Waals surface area contributed by atoms with Gasteiger partial charge in [0.05, 0.1) is 11.1 Å². The molecule has 4 nitrogen and oxygen atoms in total. The fraction of sp³-hybridized carbons (Fsp3) is 0.250. The number of hydrogen-bond donors (Lipinski definition) is 2. The van der Waals surface area contributed by atoms with Gasteiger partial charge in [0.25, 0.3) is 5.91 Å². The average molecular weight is 265 g/mol. The van der Waals surface area contributed by atoms with Crippen LogP contribution < -0.4 is 5.32 Å². The first-order valence-electron chi connectivity index (χ1n) is 6.96. The molecular weight excluding hydrogens is 250 g/mol. The van der Waals surface area contributed by atoms with Gasteiger partial charge in [0.1, 0.15) is 0 Å². The molecule has 4 heteroatoms. The lowest BCUT2D eigenvalue weighted by Gasteiger charge is -2.21. The first-order chi connectivity index (χ1) is 9.79. The molecule has 3 aromatic rings. The molecule has 0 bridgehead atoms. The van der Waals surface area contributed by atoms with Gasteiger partial charge in [-0.25, -0.2) is 0 Å². The molecule has 0 spiro atoms. The summed E-state index contributed by atoms with van der Waals surface area (Å²) in [6.45, 7) is 2.87. The highest BCUT2D eigenvalue weighted by Gasteiger charge is 2.28. The minimum absolute atomic E-state index is 0.0318. The van der Waals surface area contributed by atoms with E-state index in [9.17, 15) is 4.79 Å². The van der Waals surface area contributed by atoms with E-state index in [0.29, 0.717) is 12.5 Å². The van der Waals surface area contributed by atoms with E-state index in [1.54, 1.807) is 6.20 Å². The van der Waals surface area contributed by atoms with E-state index >= 15 is 0 Å². The molecule has 20 heavy (non-hydrogen) atoms. The predicted octanol–water partition coefficient (Wildman–Crippen LogP) is 2.95. The Kier molecular flexibility index (Phi) is 2.33. The Morgan fingerprint density at radius 1 is 1.30 bits per heavy atom. The summed E-state index contributed by atoms with van der Waals surface area (Å²) < 4.78 is 0. The van der Waals surface area contributed by atoms with Gasteiger partial charge in [-0.15, -0.1) is 0 Å². The fourth-order valence-corrected chi connectivity index (χ4v) is 3.16. The third kappa shape index (κ3) is 1.42. The van der Waals surface area contributed by atoms with Crippen LogP contribution in [0.1, 0.15) is 35.3 Å². The summed E-state index contributed by atoms with van der Waals surface area (Å²) in [6, 6.07) is 6.05. The largest absolute Gasteiger partial charge is 0.357 e. The smallest absolute Gasteiger partial charge is 0.253 e. The maximum atomic E-state index is 12.2. The lowest BCUT2D eigenvalue weighted by atomic mass is 9.93. The van der Waals surface area contributed by atoms with Crippen molar-refractivity contribution in [2.24, 2.45) is 0 Å². The van der Waals surface area contributed by atoms with E-state index in [-0.39, 0.29) is 5.91 Å². The molecular formula is C16H15N3O. The zero-order valence-electron chi connectivity index (χ0n) is 11.2. The zero-order valence-corrected chi connectivity index (χ0v) is 11.2. The molecule has 1 aliphatic rings. The lowest BCUT2D eigenvalue weighted by Crippen LogP contribution is -2.34. The number of benzene rings is 1. The normalized spacial score (nSPS) is 18.2. The number of nitrogens with zero attached hydrogens (tertiary/aromatic N) is 1. The Balaban J connectivity index is 2.13. The summed E-state index contributed by atoms with van der Waals surface area (Å²) in [7, 11) is 0. The lowest BCUT2D eigenvalue weighted by molar-refractivity contribution is 0.0941. The van der Waals surface area contributed by atoms with Crippen molar-refractivity contribution in [3.63, 3.8) is 0 Å². The Bertz CT molecular complexity index is 834. The Morgan fingerprint density at radius 3 is 3.05 bits per heavy atom. The minimum Gasteiger partial charge on any atom is -0.357 e. The van der Waals surface area contributed by atoms with Crippen molar-refractivity contribution in [2.45, 2.75) is 19.3 Å². The van der Waals surface area contributed by atoms with Crippen molar-refractivity contribution >= 4 is 27.6 Å². The molecule has 1 unspecified atom stereocenters. The number of aromatic amines is 1. The van der Waals surface area contributed by atoms with Gasteiger partial charge in [0, 0.05) is 46.7 Å². The van der Waals surface area contributed by atoms with Gasteiger partial charge in [0.15, 0.2) is 0 Å². The number of amides is 1. The van der Waals surface area contributed by atoms with Gasteiger partial charge in [-0.3, -0.25) is 9.78 Å². The second kappa shape index (κ2) is 4.07. The standard InChI is InChI=1S/C16H15N3O/c1-2-9-8-18-16(20)13-12-4-3-10-7-17-6-5-11(10)15(12)19-14(9)13/h3-7,9,19H,2,8H2,1H3,(H,18,20). The van der Waals surface area contributed by atoms with E-state index in [1.165, 1.54) is 0 Å². The third-order valence-corrected chi connectivity index (χ3v) is 4.26. The van der Waals surface area contributed by atoms with E-state index in [4.69, 9.17) is 0 Å². The van der Waals surface area contributed by atoms with Crippen molar-refractivity contribution in [1.29, 1.82) is 0 Å². The van der Waals surface area contributed by atoms with Crippen LogP contribution in [0.5, 0.6) is 0 Å². The van der Waals surface area contributed by atoms with Crippen LogP contribution in [-0.2, 0) is 0 Å². The Morgan fingerprint density at radius 2 is 2.20 bits per heavy atom. The SMILES string of the molecule is CCC1CNC(=O)c2c1[nH]c1c2ccc2cnccc21. The number of carbonyl (C=O) groups is 1. The molecule has 0 saturated carbocycles. The highest BCUT2D eigenvalue weighted by atomic mass is 16.1. The summed E-state index contributed by atoms with van der Waals surface area (Å²) in [5.74, 6) is 0.399. The number of carbonyl (C=O) groups excluding carboxylic acids is 1. The topological polar surface area (TPSA) is 57.8 Å². The van der Waals surface area contributed by atoms with Gasteiger partial charge in [0.2, 0.25) is 0 Å². The van der Waals surface area contributed by atoms with Crippen LogP contribution in [0.2, 0.25) is 0 Å². The maximum absolute atomic E-state index is 12.2. The highest BCUT2D eigenvalue weighted by molar-refractivity contribution is 6.15. The first kappa shape index (κ1) is 11.5. The number of hydrogen-bond acceptors (Lipinski definition) is 2. The van der Waals surface area contributed by atoms with Crippen LogP contribution in [0.3, 0.4) is 0 Å². The summed E-state index contributed by atoms with van der Waals surface area (Å²) in [5.41, 5.74) is 2.94. The van der Waals surface area contributed by atoms with Crippen molar-refractivity contribution in [1.82, 2.24) is 15.3 Å². The molecule has 0 saturated heterocycles. The van der Waals surface area contributed by atoms with E-state index in [2.05, 4.69) is 22.2 Å². The Labute approximate surface area is 116 Å². The van der Waals surface area contributed by atoms with Crippen molar-refractivity contribution in [2.75, 3.05) is 6.54 Å². The molecule has 1 atom stereocenters. The number of nitrogens with one attached hydrogen (secondary N) is 2. The molecule has 4 rings (SSSR count). The summed E-state index contributed by atoms with van der Waals surface area (Å²) in [5, 5.41) is 6.21. The molecule has 1 amide bonds. The average Bonchev–Trinajstić information content (AvgIpc) is 2.88. The third-order valence-electron chi connectivity index (χ3n) is 4.26. The van der Waals surface area contributed by atoms with Crippen molar-refractivity contribution in [3.05, 3.63) is 41.9 Å². The molecule has 3 heterocycles. The second-order valence-electron chi connectivity index (χ2n) is 5.31. The zero-order chi connectivity index (χ0) is 13.7. The molecule has 0 radical (unpaired) electrons. The summed E-state index contributed by atoms with van der Waals surface area (Å²) in [4.78, 5) is 19.9. The van der Waals surface area contributed by atoms with Crippen LogP contribution in [0, 0.1) is 0 Å². The number of rotatable bonds is 1. The molecule has 0 aliphatic carbocycles. The predicted molar refractivity (Wildman–Crippen MR) is 79.0 cm³/mol. The van der Waals surface area contributed by atoms with Crippen LogP contribution in [-0.4, -0.2) is 22.4 Å². The monoisotopic (exact) mass is 265 g/mol. The molecule has 0 fully saturated rings. The van der Waals surface area contributed by atoms with Crippen molar-refractivity contribution < 1.29 is 4.79 Å². The maximum Gasteiger partial charge on any atom is 0.253 e. The first-order valence-corrected chi connectivity index (χ1v) is 6.96. The van der Waals surface area contributed by atoms with Gasteiger partial charge < -0.3 is 10.3 Å². The van der Waals surface area contributed by atoms with E-state index < -0.39 is 0 Å². The van der Waals surface area contributed by atoms with Gasteiger partial charge >= 0.3 is 0 Å². The minimum atomic E-state index is 0.0318. The fourth-order valence-electron chi connectivity index (χ4n) is 3.16. The highest BCUT2D eigenvalue weighted by Crippen LogP contribution is 2.35. The molecule has 1 aromatic carbocycles. The Hall–Kier alpha value is -2.36. The van der Waals surface area contributed by atoms with Gasteiger partial charge in [-0.05, 0) is 12.5 Å². The summed E-state index contributed by atoms with van der Waals surface area (Å²) >= 11 is 0. The van der Waals surface area contributed by atoms with Crippen LogP contribution in [0.25, 0.3) is 21.7 Å². The molecule has 1 aliphatic heterocycles. The van der Waals surface area contributed by atoms with E-state index in [1.807, 2.05) is 24.4 Å².